The predicted molar refractivity (Wildman–Crippen MR) is 123 cm³/mol. The van der Waals surface area contributed by atoms with E-state index in [-0.39, 0.29) is 5.91 Å². The van der Waals surface area contributed by atoms with E-state index in [4.69, 9.17) is 0 Å². The molecule has 2 aromatic carbocycles. The van der Waals surface area contributed by atoms with Gasteiger partial charge in [0, 0.05) is 37.9 Å². The molecule has 0 spiro atoms. The van der Waals surface area contributed by atoms with Gasteiger partial charge in [-0.1, -0.05) is 48.2 Å². The zero-order valence-corrected chi connectivity index (χ0v) is 18.5. The molecule has 0 radical (unpaired) electrons. The van der Waals surface area contributed by atoms with Crippen molar-refractivity contribution in [3.63, 3.8) is 0 Å². The zero-order chi connectivity index (χ0) is 21.6. The largest absolute Gasteiger partial charge is 0.351 e. The van der Waals surface area contributed by atoms with Crippen molar-refractivity contribution in [2.24, 2.45) is 0 Å². The van der Waals surface area contributed by atoms with Crippen LogP contribution in [0.25, 0.3) is 5.69 Å². The summed E-state index contributed by atoms with van der Waals surface area (Å²) in [6.07, 6.45) is 9.23. The molecule has 31 heavy (non-hydrogen) atoms. The van der Waals surface area contributed by atoms with E-state index in [9.17, 15) is 4.79 Å². The molecule has 0 unspecified atom stereocenters. The first-order valence-electron chi connectivity index (χ1n) is 10.1. The summed E-state index contributed by atoms with van der Waals surface area (Å²) >= 11 is 1.44. The van der Waals surface area contributed by atoms with Crippen LogP contribution in [0.1, 0.15) is 22.3 Å². The van der Waals surface area contributed by atoms with Crippen LogP contribution in [0.4, 0.5) is 0 Å². The Morgan fingerprint density at radius 3 is 2.61 bits per heavy atom. The fourth-order valence-electron chi connectivity index (χ4n) is 3.29. The molecule has 2 heterocycles. The number of aryl methyl sites for hydroxylation is 2. The molecular weight excluding hydrogens is 406 g/mol. The van der Waals surface area contributed by atoms with Gasteiger partial charge in [-0.15, -0.1) is 0 Å². The van der Waals surface area contributed by atoms with Crippen molar-refractivity contribution in [1.82, 2.24) is 24.4 Å². The third kappa shape index (κ3) is 5.44. The number of imidazole rings is 2. The van der Waals surface area contributed by atoms with Crippen molar-refractivity contribution in [3.8, 4) is 5.69 Å². The van der Waals surface area contributed by atoms with Crippen molar-refractivity contribution in [2.45, 2.75) is 32.1 Å². The SMILES string of the molecule is Cc1ccc(C)c(-n2ccnc2SCC(=O)NCc2ccc(Cn3ccnc3)cc2)c1. The maximum Gasteiger partial charge on any atom is 0.230 e. The van der Waals surface area contributed by atoms with Crippen molar-refractivity contribution < 1.29 is 4.79 Å². The summed E-state index contributed by atoms with van der Waals surface area (Å²) in [5.41, 5.74) is 5.73. The van der Waals surface area contributed by atoms with Crippen LogP contribution in [0.5, 0.6) is 0 Å². The minimum Gasteiger partial charge on any atom is -0.351 e. The number of nitrogens with one attached hydrogen (secondary N) is 1. The molecule has 0 saturated heterocycles. The summed E-state index contributed by atoms with van der Waals surface area (Å²) in [4.78, 5) is 20.9. The van der Waals surface area contributed by atoms with E-state index in [1.54, 1.807) is 18.7 Å². The van der Waals surface area contributed by atoms with Gasteiger partial charge in [-0.2, -0.15) is 0 Å². The van der Waals surface area contributed by atoms with Gasteiger partial charge in [0.15, 0.2) is 5.16 Å². The standard InChI is InChI=1S/C24H25N5OS/c1-18-3-4-19(2)22(13-18)29-12-10-26-24(29)31-16-23(30)27-14-20-5-7-21(8-6-20)15-28-11-9-25-17-28/h3-13,17H,14-16H2,1-2H3,(H,27,30). The number of carbonyl (C=O) groups is 1. The molecule has 0 bridgehead atoms. The number of benzene rings is 2. The molecule has 1 amide bonds. The highest BCUT2D eigenvalue weighted by atomic mass is 32.2. The van der Waals surface area contributed by atoms with E-state index in [1.165, 1.54) is 28.5 Å². The summed E-state index contributed by atoms with van der Waals surface area (Å²) in [7, 11) is 0. The maximum absolute atomic E-state index is 12.4. The van der Waals surface area contributed by atoms with Gasteiger partial charge in [0.05, 0.1) is 17.8 Å². The minimum absolute atomic E-state index is 0.0111. The summed E-state index contributed by atoms with van der Waals surface area (Å²) in [5, 5.41) is 3.81. The van der Waals surface area contributed by atoms with Gasteiger partial charge in [-0.05, 0) is 42.2 Å². The topological polar surface area (TPSA) is 64.7 Å². The van der Waals surface area contributed by atoms with Crippen LogP contribution >= 0.6 is 11.8 Å². The number of hydrogen-bond donors (Lipinski definition) is 1. The lowest BCUT2D eigenvalue weighted by molar-refractivity contribution is -0.118. The third-order valence-electron chi connectivity index (χ3n) is 5.00. The van der Waals surface area contributed by atoms with Crippen molar-refractivity contribution in [3.05, 3.63) is 95.8 Å². The molecule has 6 nitrogen and oxygen atoms in total. The average molecular weight is 432 g/mol. The molecule has 7 heteroatoms. The average Bonchev–Trinajstić information content (AvgIpc) is 3.45. The Morgan fingerprint density at radius 2 is 1.84 bits per heavy atom. The number of rotatable bonds is 8. The van der Waals surface area contributed by atoms with Crippen LogP contribution in [-0.2, 0) is 17.9 Å². The Morgan fingerprint density at radius 1 is 1.03 bits per heavy atom. The number of aromatic nitrogens is 4. The predicted octanol–water partition coefficient (Wildman–Crippen LogP) is 4.14. The number of amides is 1. The van der Waals surface area contributed by atoms with E-state index >= 15 is 0 Å². The van der Waals surface area contributed by atoms with E-state index in [0.29, 0.717) is 12.3 Å². The van der Waals surface area contributed by atoms with Gasteiger partial charge in [0.25, 0.3) is 0 Å². The number of hydrogen-bond acceptors (Lipinski definition) is 4. The lowest BCUT2D eigenvalue weighted by Gasteiger charge is -2.11. The molecule has 0 saturated carbocycles. The van der Waals surface area contributed by atoms with Gasteiger partial charge < -0.3 is 9.88 Å². The highest BCUT2D eigenvalue weighted by Gasteiger charge is 2.11. The molecule has 0 aliphatic rings. The number of nitrogens with zero attached hydrogens (tertiary/aromatic N) is 4. The fourth-order valence-corrected chi connectivity index (χ4v) is 4.09. The van der Waals surface area contributed by atoms with E-state index in [1.807, 2.05) is 33.7 Å². The molecule has 1 N–H and O–H groups in total. The quantitative estimate of drug-likeness (QED) is 0.426. The molecule has 0 aliphatic carbocycles. The highest BCUT2D eigenvalue weighted by molar-refractivity contribution is 7.99. The van der Waals surface area contributed by atoms with Gasteiger partial charge in [-0.3, -0.25) is 9.36 Å². The first kappa shape index (κ1) is 20.9. The van der Waals surface area contributed by atoms with E-state index < -0.39 is 0 Å². The van der Waals surface area contributed by atoms with Crippen molar-refractivity contribution >= 4 is 17.7 Å². The second-order valence-electron chi connectivity index (χ2n) is 7.49. The molecule has 2 aromatic heterocycles. The zero-order valence-electron chi connectivity index (χ0n) is 17.7. The Labute approximate surface area is 186 Å². The van der Waals surface area contributed by atoms with Crippen LogP contribution in [-0.4, -0.2) is 30.8 Å². The second-order valence-corrected chi connectivity index (χ2v) is 8.43. The van der Waals surface area contributed by atoms with Crippen LogP contribution < -0.4 is 5.32 Å². The normalized spacial score (nSPS) is 10.9. The Hall–Kier alpha value is -3.32. The van der Waals surface area contributed by atoms with E-state index in [0.717, 1.165) is 23.0 Å². The number of thioether (sulfide) groups is 1. The fraction of sp³-hybridized carbons (Fsp3) is 0.208. The molecule has 0 fully saturated rings. The third-order valence-corrected chi connectivity index (χ3v) is 5.97. The second kappa shape index (κ2) is 9.66. The van der Waals surface area contributed by atoms with Gasteiger partial charge in [0.2, 0.25) is 5.91 Å². The van der Waals surface area contributed by atoms with Gasteiger partial charge in [0.1, 0.15) is 0 Å². The first-order chi connectivity index (χ1) is 15.1. The Balaban J connectivity index is 1.29. The van der Waals surface area contributed by atoms with Gasteiger partial charge in [-0.25, -0.2) is 9.97 Å². The van der Waals surface area contributed by atoms with E-state index in [2.05, 4.69) is 59.5 Å². The summed E-state index contributed by atoms with van der Waals surface area (Å²) in [6, 6.07) is 14.6. The molecule has 4 aromatic rings. The maximum atomic E-state index is 12.4. The number of carbonyl (C=O) groups excluding carboxylic acids is 1. The Bertz CT molecular complexity index is 1150. The van der Waals surface area contributed by atoms with Crippen LogP contribution in [0.2, 0.25) is 0 Å². The molecule has 0 aliphatic heterocycles. The van der Waals surface area contributed by atoms with Gasteiger partial charge >= 0.3 is 0 Å². The molecule has 158 valence electrons. The summed E-state index contributed by atoms with van der Waals surface area (Å²) in [5.74, 6) is 0.309. The Kier molecular flexibility index (Phi) is 6.52. The van der Waals surface area contributed by atoms with Crippen LogP contribution in [0.3, 0.4) is 0 Å². The molecule has 4 rings (SSSR count). The first-order valence-corrected chi connectivity index (χ1v) is 11.1. The minimum atomic E-state index is -0.0111. The highest BCUT2D eigenvalue weighted by Crippen LogP contribution is 2.23. The lowest BCUT2D eigenvalue weighted by atomic mass is 10.1. The monoisotopic (exact) mass is 431 g/mol. The molecule has 0 atom stereocenters. The van der Waals surface area contributed by atoms with Crippen LogP contribution in [0, 0.1) is 13.8 Å². The lowest BCUT2D eigenvalue weighted by Crippen LogP contribution is -2.24. The van der Waals surface area contributed by atoms with Crippen LogP contribution in [0.15, 0.2) is 78.7 Å². The summed E-state index contributed by atoms with van der Waals surface area (Å²) in [6.45, 7) is 5.45. The molecular formula is C24H25N5OS. The van der Waals surface area contributed by atoms with Crippen molar-refractivity contribution in [1.29, 1.82) is 0 Å². The van der Waals surface area contributed by atoms with Crippen molar-refractivity contribution in [2.75, 3.05) is 5.75 Å². The summed E-state index contributed by atoms with van der Waals surface area (Å²) < 4.78 is 4.06. The smallest absolute Gasteiger partial charge is 0.230 e.